The maximum atomic E-state index is 12.2. The van der Waals surface area contributed by atoms with Gasteiger partial charge in [-0.25, -0.2) is 22.7 Å². The van der Waals surface area contributed by atoms with E-state index in [1.54, 1.807) is 0 Å². The van der Waals surface area contributed by atoms with E-state index in [1.807, 2.05) is 11.6 Å². The molecule has 4 amide bonds. The Labute approximate surface area is 160 Å². The van der Waals surface area contributed by atoms with Crippen molar-refractivity contribution >= 4 is 27.8 Å². The van der Waals surface area contributed by atoms with Gasteiger partial charge in [0.1, 0.15) is 0 Å². The molecule has 0 aliphatic heterocycles. The zero-order valence-electron chi connectivity index (χ0n) is 15.6. The summed E-state index contributed by atoms with van der Waals surface area (Å²) < 4.78 is 26.4. The maximum absolute atomic E-state index is 12.2. The van der Waals surface area contributed by atoms with Crippen LogP contribution in [0.1, 0.15) is 51.9 Å². The number of anilines is 1. The molecule has 8 nitrogen and oxygen atoms in total. The molecule has 0 heterocycles. The van der Waals surface area contributed by atoms with E-state index in [0.717, 1.165) is 38.5 Å². The number of carbonyl (C=O) groups excluding carboxylic acids is 2. The molecular weight excluding hydrogens is 368 g/mol. The van der Waals surface area contributed by atoms with Gasteiger partial charge >= 0.3 is 12.1 Å². The first-order valence-corrected chi connectivity index (χ1v) is 10.9. The molecule has 0 aromatic heterocycles. The topological polar surface area (TPSA) is 116 Å². The quantitative estimate of drug-likeness (QED) is 0.530. The van der Waals surface area contributed by atoms with Crippen molar-refractivity contribution in [2.45, 2.75) is 62.8 Å². The Kier molecular flexibility index (Phi) is 7.90. The predicted molar refractivity (Wildman–Crippen MR) is 104 cm³/mol. The summed E-state index contributed by atoms with van der Waals surface area (Å²) in [6.45, 7) is 2.39. The van der Waals surface area contributed by atoms with Gasteiger partial charge in [-0.1, -0.05) is 32.6 Å². The number of hydrogen-bond acceptors (Lipinski definition) is 4. The molecule has 1 aromatic carbocycles. The van der Waals surface area contributed by atoms with Gasteiger partial charge in [0.25, 0.3) is 10.0 Å². The lowest BCUT2D eigenvalue weighted by atomic mass is 9.96. The van der Waals surface area contributed by atoms with Crippen LogP contribution in [0.15, 0.2) is 29.2 Å². The number of amides is 4. The number of rotatable bonds is 7. The Morgan fingerprint density at radius 1 is 1.04 bits per heavy atom. The smallest absolute Gasteiger partial charge is 0.328 e. The summed E-state index contributed by atoms with van der Waals surface area (Å²) >= 11 is 0. The van der Waals surface area contributed by atoms with Gasteiger partial charge in [0, 0.05) is 18.3 Å². The lowest BCUT2D eigenvalue weighted by molar-refractivity contribution is 0.243. The molecule has 27 heavy (non-hydrogen) atoms. The highest BCUT2D eigenvalue weighted by Crippen LogP contribution is 2.18. The normalized spacial score (nSPS) is 15.0. The number of unbranched alkanes of at least 4 members (excludes halogenated alkanes) is 1. The lowest BCUT2D eigenvalue weighted by Gasteiger charge is -2.22. The minimum atomic E-state index is -3.95. The SMILES string of the molecule is CCCCNC(=O)NS(=O)(=O)c1ccc(NC(=O)NC2CCCCC2)cc1. The third-order valence-corrected chi connectivity index (χ3v) is 5.75. The van der Waals surface area contributed by atoms with E-state index in [4.69, 9.17) is 0 Å². The van der Waals surface area contributed by atoms with Crippen LogP contribution in [0.2, 0.25) is 0 Å². The third kappa shape index (κ3) is 7.09. The summed E-state index contributed by atoms with van der Waals surface area (Å²) in [5, 5.41) is 8.12. The fraction of sp³-hybridized carbons (Fsp3) is 0.556. The average molecular weight is 397 g/mol. The molecule has 0 spiro atoms. The highest BCUT2D eigenvalue weighted by atomic mass is 32.2. The molecular formula is C18H28N4O4S. The summed E-state index contributed by atoms with van der Waals surface area (Å²) in [6, 6.07) is 4.81. The number of sulfonamides is 1. The largest absolute Gasteiger partial charge is 0.337 e. The zero-order valence-corrected chi connectivity index (χ0v) is 16.4. The van der Waals surface area contributed by atoms with Crippen LogP contribution in [-0.2, 0) is 10.0 Å². The van der Waals surface area contributed by atoms with Crippen molar-refractivity contribution in [2.75, 3.05) is 11.9 Å². The van der Waals surface area contributed by atoms with E-state index >= 15 is 0 Å². The lowest BCUT2D eigenvalue weighted by Crippen LogP contribution is -2.39. The Morgan fingerprint density at radius 3 is 2.33 bits per heavy atom. The van der Waals surface area contributed by atoms with Crippen LogP contribution in [-0.4, -0.2) is 33.1 Å². The minimum Gasteiger partial charge on any atom is -0.337 e. The van der Waals surface area contributed by atoms with E-state index in [1.165, 1.54) is 30.7 Å². The van der Waals surface area contributed by atoms with E-state index in [-0.39, 0.29) is 17.0 Å². The molecule has 0 unspecified atom stereocenters. The number of hydrogen-bond donors (Lipinski definition) is 4. The number of nitrogens with one attached hydrogen (secondary N) is 4. The molecule has 1 aliphatic rings. The average Bonchev–Trinajstić information content (AvgIpc) is 2.62. The summed E-state index contributed by atoms with van der Waals surface area (Å²) in [5.74, 6) is 0. The second-order valence-electron chi connectivity index (χ2n) is 6.67. The summed E-state index contributed by atoms with van der Waals surface area (Å²) in [6.07, 6.45) is 7.09. The molecule has 150 valence electrons. The first-order valence-electron chi connectivity index (χ1n) is 9.39. The molecule has 1 fully saturated rings. The highest BCUT2D eigenvalue weighted by molar-refractivity contribution is 7.90. The first kappa shape index (κ1) is 21.0. The summed E-state index contributed by atoms with van der Waals surface area (Å²) in [4.78, 5) is 23.6. The second kappa shape index (κ2) is 10.1. The Bertz CT molecular complexity index is 728. The van der Waals surface area contributed by atoms with Crippen LogP contribution >= 0.6 is 0 Å². The van der Waals surface area contributed by atoms with Crippen molar-refractivity contribution in [2.24, 2.45) is 0 Å². The molecule has 0 bridgehead atoms. The van der Waals surface area contributed by atoms with Crippen molar-refractivity contribution in [3.8, 4) is 0 Å². The Hall–Kier alpha value is -2.29. The van der Waals surface area contributed by atoms with Gasteiger partial charge in [0.15, 0.2) is 0 Å². The molecule has 2 rings (SSSR count). The van der Waals surface area contributed by atoms with Gasteiger partial charge in [-0.05, 0) is 43.5 Å². The fourth-order valence-corrected chi connectivity index (χ4v) is 3.84. The molecule has 0 radical (unpaired) electrons. The van der Waals surface area contributed by atoms with Crippen molar-refractivity contribution in [1.29, 1.82) is 0 Å². The highest BCUT2D eigenvalue weighted by Gasteiger charge is 2.18. The molecule has 1 aromatic rings. The monoisotopic (exact) mass is 396 g/mol. The van der Waals surface area contributed by atoms with Gasteiger partial charge in [-0.3, -0.25) is 0 Å². The molecule has 9 heteroatoms. The summed E-state index contributed by atoms with van der Waals surface area (Å²) in [5.41, 5.74) is 0.481. The second-order valence-corrected chi connectivity index (χ2v) is 8.36. The van der Waals surface area contributed by atoms with Gasteiger partial charge in [-0.15, -0.1) is 0 Å². The minimum absolute atomic E-state index is 0.0496. The first-order chi connectivity index (χ1) is 12.9. The molecule has 0 saturated heterocycles. The van der Waals surface area contributed by atoms with Crippen molar-refractivity contribution < 1.29 is 18.0 Å². The molecule has 1 saturated carbocycles. The number of benzene rings is 1. The van der Waals surface area contributed by atoms with Crippen LogP contribution in [0.4, 0.5) is 15.3 Å². The van der Waals surface area contributed by atoms with Crippen LogP contribution < -0.4 is 20.7 Å². The van der Waals surface area contributed by atoms with Gasteiger partial charge in [0.2, 0.25) is 0 Å². The Balaban J connectivity index is 1.87. The third-order valence-electron chi connectivity index (χ3n) is 4.41. The number of carbonyl (C=O) groups is 2. The van der Waals surface area contributed by atoms with E-state index < -0.39 is 16.1 Å². The van der Waals surface area contributed by atoms with Gasteiger partial charge in [-0.2, -0.15) is 0 Å². The van der Waals surface area contributed by atoms with Crippen LogP contribution in [0, 0.1) is 0 Å². The van der Waals surface area contributed by atoms with Crippen LogP contribution in [0.25, 0.3) is 0 Å². The maximum Gasteiger partial charge on any atom is 0.328 e. The van der Waals surface area contributed by atoms with E-state index in [2.05, 4.69) is 16.0 Å². The standard InChI is InChI=1S/C18H28N4O4S/c1-2-3-13-19-17(23)22-27(25,26)16-11-9-15(10-12-16)21-18(24)20-14-7-5-4-6-8-14/h9-12,14H,2-8,13H2,1H3,(H2,19,22,23)(H2,20,21,24). The van der Waals surface area contributed by atoms with Gasteiger partial charge in [0.05, 0.1) is 4.90 Å². The molecule has 0 atom stereocenters. The van der Waals surface area contributed by atoms with Crippen LogP contribution in [0.5, 0.6) is 0 Å². The van der Waals surface area contributed by atoms with Crippen LogP contribution in [0.3, 0.4) is 0 Å². The molecule has 1 aliphatic carbocycles. The zero-order chi connectivity index (χ0) is 19.7. The Morgan fingerprint density at radius 2 is 1.70 bits per heavy atom. The van der Waals surface area contributed by atoms with Crippen molar-refractivity contribution in [3.63, 3.8) is 0 Å². The van der Waals surface area contributed by atoms with E-state index in [9.17, 15) is 18.0 Å². The molecule has 4 N–H and O–H groups in total. The fourth-order valence-electron chi connectivity index (χ4n) is 2.91. The van der Waals surface area contributed by atoms with Crippen molar-refractivity contribution in [3.05, 3.63) is 24.3 Å². The van der Waals surface area contributed by atoms with E-state index in [0.29, 0.717) is 12.2 Å². The number of urea groups is 2. The summed E-state index contributed by atoms with van der Waals surface area (Å²) in [7, 11) is -3.95. The van der Waals surface area contributed by atoms with Gasteiger partial charge < -0.3 is 16.0 Å². The predicted octanol–water partition coefficient (Wildman–Crippen LogP) is 2.93. The van der Waals surface area contributed by atoms with Crippen molar-refractivity contribution in [1.82, 2.24) is 15.4 Å².